The van der Waals surface area contributed by atoms with E-state index in [1.165, 1.54) is 14.2 Å². The number of carboxylic acid groups (broad SMARTS) is 1. The summed E-state index contributed by atoms with van der Waals surface area (Å²) in [6.07, 6.45) is 0. The lowest BCUT2D eigenvalue weighted by molar-refractivity contribution is 0.0690. The van der Waals surface area contributed by atoms with Crippen LogP contribution in [0.25, 0.3) is 0 Å². The third-order valence-corrected chi connectivity index (χ3v) is 2.55. The Kier molecular flexibility index (Phi) is 3.52. The fourth-order valence-corrected chi connectivity index (χ4v) is 1.60. The van der Waals surface area contributed by atoms with E-state index in [2.05, 4.69) is 15.9 Å². The van der Waals surface area contributed by atoms with E-state index in [9.17, 15) is 9.18 Å². The monoisotopic (exact) mass is 278 g/mol. The first-order chi connectivity index (χ1) is 7.02. The van der Waals surface area contributed by atoms with Crippen LogP contribution in [0.15, 0.2) is 10.5 Å². The summed E-state index contributed by atoms with van der Waals surface area (Å²) in [5.41, 5.74) is -0.297. The maximum absolute atomic E-state index is 13.3. The summed E-state index contributed by atoms with van der Waals surface area (Å²) in [6, 6.07) is 1.05. The van der Waals surface area contributed by atoms with Crippen LogP contribution in [0.3, 0.4) is 0 Å². The Hall–Kier alpha value is -1.30. The molecule has 0 aromatic heterocycles. The molecule has 15 heavy (non-hydrogen) atoms. The van der Waals surface area contributed by atoms with Crippen LogP contribution in [0.1, 0.15) is 10.4 Å². The standard InChI is InChI=1S/C9H8BrFO4/c1-14-5-3-4(11)7(10)6(9(12)13)8(5)15-2/h3H,1-2H3,(H,12,13). The second-order valence-corrected chi connectivity index (χ2v) is 3.38. The number of carbonyl (C=O) groups is 1. The summed E-state index contributed by atoms with van der Waals surface area (Å²) in [6.45, 7) is 0. The van der Waals surface area contributed by atoms with E-state index >= 15 is 0 Å². The van der Waals surface area contributed by atoms with Crippen LogP contribution in [0.5, 0.6) is 11.5 Å². The fraction of sp³-hybridized carbons (Fsp3) is 0.222. The van der Waals surface area contributed by atoms with Crippen molar-refractivity contribution in [1.82, 2.24) is 0 Å². The van der Waals surface area contributed by atoms with Crippen LogP contribution in [-0.2, 0) is 0 Å². The highest BCUT2D eigenvalue weighted by atomic mass is 79.9. The average molecular weight is 279 g/mol. The summed E-state index contributed by atoms with van der Waals surface area (Å²) in [7, 11) is 2.59. The van der Waals surface area contributed by atoms with Crippen LogP contribution in [-0.4, -0.2) is 25.3 Å². The van der Waals surface area contributed by atoms with Gasteiger partial charge in [-0.05, 0) is 15.9 Å². The molecule has 0 atom stereocenters. The smallest absolute Gasteiger partial charge is 0.340 e. The van der Waals surface area contributed by atoms with E-state index in [-0.39, 0.29) is 21.5 Å². The van der Waals surface area contributed by atoms with Gasteiger partial charge in [-0.2, -0.15) is 0 Å². The third-order valence-electron chi connectivity index (χ3n) is 1.78. The van der Waals surface area contributed by atoms with Crippen molar-refractivity contribution in [3.05, 3.63) is 21.9 Å². The number of carboxylic acids is 1. The molecule has 0 aliphatic carbocycles. The van der Waals surface area contributed by atoms with E-state index in [1.54, 1.807) is 0 Å². The van der Waals surface area contributed by atoms with Gasteiger partial charge < -0.3 is 14.6 Å². The lowest BCUT2D eigenvalue weighted by atomic mass is 10.2. The van der Waals surface area contributed by atoms with Crippen molar-refractivity contribution < 1.29 is 23.8 Å². The molecule has 0 spiro atoms. The van der Waals surface area contributed by atoms with Crippen LogP contribution < -0.4 is 9.47 Å². The molecule has 0 fully saturated rings. The second kappa shape index (κ2) is 4.48. The zero-order valence-electron chi connectivity index (χ0n) is 8.01. The maximum Gasteiger partial charge on any atom is 0.340 e. The Morgan fingerprint density at radius 2 is 2.07 bits per heavy atom. The Morgan fingerprint density at radius 1 is 1.47 bits per heavy atom. The van der Waals surface area contributed by atoms with Gasteiger partial charge in [0.05, 0.1) is 18.7 Å². The number of hydrogen-bond acceptors (Lipinski definition) is 3. The zero-order chi connectivity index (χ0) is 11.6. The molecule has 0 radical (unpaired) electrons. The SMILES string of the molecule is COc1cc(F)c(Br)c(C(=O)O)c1OC. The highest BCUT2D eigenvalue weighted by molar-refractivity contribution is 9.10. The molecule has 0 bridgehead atoms. The maximum atomic E-state index is 13.3. The number of methoxy groups -OCH3 is 2. The topological polar surface area (TPSA) is 55.8 Å². The minimum Gasteiger partial charge on any atom is -0.493 e. The van der Waals surface area contributed by atoms with Crippen LogP contribution in [0, 0.1) is 5.82 Å². The van der Waals surface area contributed by atoms with E-state index in [0.717, 1.165) is 6.07 Å². The Labute approximate surface area is 93.7 Å². The molecule has 0 unspecified atom stereocenters. The molecule has 0 heterocycles. The number of rotatable bonds is 3. The molecule has 4 nitrogen and oxygen atoms in total. The fourth-order valence-electron chi connectivity index (χ4n) is 1.13. The Morgan fingerprint density at radius 3 is 2.47 bits per heavy atom. The number of aromatic carboxylic acids is 1. The van der Waals surface area contributed by atoms with Gasteiger partial charge in [0, 0.05) is 6.07 Å². The van der Waals surface area contributed by atoms with Crippen molar-refractivity contribution in [3.8, 4) is 11.5 Å². The van der Waals surface area contributed by atoms with Crippen molar-refractivity contribution in [3.63, 3.8) is 0 Å². The van der Waals surface area contributed by atoms with Gasteiger partial charge in [-0.25, -0.2) is 9.18 Å². The van der Waals surface area contributed by atoms with Gasteiger partial charge in [0.1, 0.15) is 11.4 Å². The molecule has 0 amide bonds. The third kappa shape index (κ3) is 2.04. The quantitative estimate of drug-likeness (QED) is 0.922. The molecule has 1 aromatic carbocycles. The number of halogens is 2. The Balaban J connectivity index is 3.56. The van der Waals surface area contributed by atoms with Gasteiger partial charge in [0.15, 0.2) is 11.5 Å². The zero-order valence-corrected chi connectivity index (χ0v) is 9.59. The van der Waals surface area contributed by atoms with Crippen molar-refractivity contribution >= 4 is 21.9 Å². The van der Waals surface area contributed by atoms with E-state index in [4.69, 9.17) is 14.6 Å². The molecule has 1 N–H and O–H groups in total. The molecule has 0 aliphatic heterocycles. The molecule has 0 aliphatic rings. The van der Waals surface area contributed by atoms with E-state index < -0.39 is 11.8 Å². The summed E-state index contributed by atoms with van der Waals surface area (Å²) in [5, 5.41) is 8.89. The number of benzene rings is 1. The van der Waals surface area contributed by atoms with E-state index in [1.807, 2.05) is 0 Å². The molecule has 0 saturated heterocycles. The van der Waals surface area contributed by atoms with Crippen LogP contribution in [0.2, 0.25) is 0 Å². The van der Waals surface area contributed by atoms with Gasteiger partial charge in [-0.3, -0.25) is 0 Å². The van der Waals surface area contributed by atoms with Crippen LogP contribution >= 0.6 is 15.9 Å². The molecular weight excluding hydrogens is 271 g/mol. The lowest BCUT2D eigenvalue weighted by Crippen LogP contribution is -2.05. The molecule has 82 valence electrons. The summed E-state index contributed by atoms with van der Waals surface area (Å²) >= 11 is 2.84. The number of hydrogen-bond donors (Lipinski definition) is 1. The number of ether oxygens (including phenoxy) is 2. The predicted octanol–water partition coefficient (Wildman–Crippen LogP) is 2.30. The minimum absolute atomic E-state index is 0.0155. The highest BCUT2D eigenvalue weighted by Gasteiger charge is 2.23. The van der Waals surface area contributed by atoms with Gasteiger partial charge in [0.2, 0.25) is 0 Å². The molecular formula is C9H8BrFO4. The average Bonchev–Trinajstić information content (AvgIpc) is 2.20. The first-order valence-electron chi connectivity index (χ1n) is 3.86. The van der Waals surface area contributed by atoms with Crippen molar-refractivity contribution in [2.45, 2.75) is 0 Å². The van der Waals surface area contributed by atoms with E-state index in [0.29, 0.717) is 0 Å². The van der Waals surface area contributed by atoms with Crippen LogP contribution in [0.4, 0.5) is 4.39 Å². The molecule has 1 rings (SSSR count). The second-order valence-electron chi connectivity index (χ2n) is 2.59. The van der Waals surface area contributed by atoms with Gasteiger partial charge >= 0.3 is 5.97 Å². The van der Waals surface area contributed by atoms with Crippen molar-refractivity contribution in [1.29, 1.82) is 0 Å². The first kappa shape index (κ1) is 11.8. The van der Waals surface area contributed by atoms with Gasteiger partial charge in [-0.1, -0.05) is 0 Å². The van der Waals surface area contributed by atoms with Gasteiger partial charge in [0.25, 0.3) is 0 Å². The predicted molar refractivity (Wildman–Crippen MR) is 54.2 cm³/mol. The summed E-state index contributed by atoms with van der Waals surface area (Å²) < 4.78 is 22.8. The first-order valence-corrected chi connectivity index (χ1v) is 4.65. The van der Waals surface area contributed by atoms with Crippen molar-refractivity contribution in [2.24, 2.45) is 0 Å². The minimum atomic E-state index is -1.29. The molecule has 1 aromatic rings. The summed E-state index contributed by atoms with van der Waals surface area (Å²) in [5.74, 6) is -1.99. The normalized spacial score (nSPS) is 9.87. The van der Waals surface area contributed by atoms with Gasteiger partial charge in [-0.15, -0.1) is 0 Å². The molecule has 0 saturated carbocycles. The summed E-state index contributed by atoms with van der Waals surface area (Å²) in [4.78, 5) is 10.9. The Bertz CT molecular complexity index is 406. The largest absolute Gasteiger partial charge is 0.493 e. The molecule has 6 heteroatoms. The highest BCUT2D eigenvalue weighted by Crippen LogP contribution is 2.37. The lowest BCUT2D eigenvalue weighted by Gasteiger charge is -2.12. The van der Waals surface area contributed by atoms with Crippen molar-refractivity contribution in [2.75, 3.05) is 14.2 Å².